The zero-order chi connectivity index (χ0) is 22.1. The highest BCUT2D eigenvalue weighted by atomic mass is 32.2. The van der Waals surface area contributed by atoms with E-state index >= 15 is 0 Å². The van der Waals surface area contributed by atoms with Crippen LogP contribution in [0.2, 0.25) is 0 Å². The number of sulfone groups is 1. The number of halogens is 3. The van der Waals surface area contributed by atoms with Gasteiger partial charge >= 0.3 is 12.3 Å². The van der Waals surface area contributed by atoms with Crippen LogP contribution in [0, 0.1) is 11.3 Å². The van der Waals surface area contributed by atoms with Crippen LogP contribution >= 0.6 is 0 Å². The molecule has 1 aliphatic heterocycles. The lowest BCUT2D eigenvalue weighted by atomic mass is 10.2. The number of benzene rings is 1. The maximum absolute atomic E-state index is 13.3. The summed E-state index contributed by atoms with van der Waals surface area (Å²) in [5.41, 5.74) is -1.31. The zero-order valence-corrected chi connectivity index (χ0v) is 15.8. The molecule has 0 saturated carbocycles. The summed E-state index contributed by atoms with van der Waals surface area (Å²) in [6.45, 7) is -0.394. The monoisotopic (exact) mass is 442 g/mol. The van der Waals surface area contributed by atoms with Gasteiger partial charge in [0, 0.05) is 19.2 Å². The molecule has 0 spiro atoms. The number of nitrogens with zero attached hydrogens (tertiary/aromatic N) is 4. The molecule has 0 aliphatic carbocycles. The van der Waals surface area contributed by atoms with E-state index in [9.17, 15) is 26.4 Å². The molecule has 1 aromatic carbocycles. The fourth-order valence-electron chi connectivity index (χ4n) is 3.15. The number of nitriles is 1. The van der Waals surface area contributed by atoms with E-state index in [0.29, 0.717) is 6.07 Å². The van der Waals surface area contributed by atoms with Gasteiger partial charge < -0.3 is 14.7 Å². The normalized spacial score (nSPS) is 19.3. The van der Waals surface area contributed by atoms with Crippen LogP contribution in [0.1, 0.15) is 17.8 Å². The summed E-state index contributed by atoms with van der Waals surface area (Å²) in [6, 6.07) is 6.75. The number of carbonyl (C=O) groups is 1. The lowest BCUT2D eigenvalue weighted by Crippen LogP contribution is -2.34. The molecular weight excluding hydrogens is 429 g/mol. The van der Waals surface area contributed by atoms with E-state index in [-0.39, 0.29) is 11.6 Å². The first kappa shape index (κ1) is 21.3. The minimum Gasteiger partial charge on any atom is -0.450 e. The van der Waals surface area contributed by atoms with Crippen LogP contribution in [0.25, 0.3) is 0 Å². The third-order valence-electron chi connectivity index (χ3n) is 4.42. The van der Waals surface area contributed by atoms with Crippen molar-refractivity contribution in [3.63, 3.8) is 0 Å². The standard InChI is InChI=1S/C17H13F3N4O5S/c18-17(19,20)11-3-1-2-4-12(11)30(27,28)10-7-15(29-16(25)26)24(9-10)14-5-6-22-13(8-21)23-14/h1-6,10,15H,7,9H2,(H,25,26)/t10-,15-/m0/s1. The number of anilines is 1. The van der Waals surface area contributed by atoms with E-state index in [1.807, 2.05) is 0 Å². The van der Waals surface area contributed by atoms with Crippen molar-refractivity contribution in [3.05, 3.63) is 47.9 Å². The Morgan fingerprint density at radius 1 is 1.30 bits per heavy atom. The van der Waals surface area contributed by atoms with Gasteiger partial charge in [-0.05, 0) is 18.2 Å². The molecule has 3 rings (SSSR count). The lowest BCUT2D eigenvalue weighted by Gasteiger charge is -2.23. The molecule has 158 valence electrons. The highest BCUT2D eigenvalue weighted by molar-refractivity contribution is 7.92. The molecule has 30 heavy (non-hydrogen) atoms. The van der Waals surface area contributed by atoms with Gasteiger partial charge in [0.2, 0.25) is 5.82 Å². The van der Waals surface area contributed by atoms with Gasteiger partial charge in [-0.1, -0.05) is 12.1 Å². The number of ether oxygens (including phenoxy) is 1. The average molecular weight is 442 g/mol. The van der Waals surface area contributed by atoms with Gasteiger partial charge in [-0.3, -0.25) is 0 Å². The van der Waals surface area contributed by atoms with Crippen molar-refractivity contribution < 1.29 is 36.2 Å². The van der Waals surface area contributed by atoms with Crippen molar-refractivity contribution in [1.82, 2.24) is 9.97 Å². The van der Waals surface area contributed by atoms with Crippen molar-refractivity contribution >= 4 is 21.8 Å². The topological polar surface area (TPSA) is 133 Å². The molecule has 2 atom stereocenters. The van der Waals surface area contributed by atoms with E-state index in [2.05, 4.69) is 9.97 Å². The SMILES string of the molecule is N#Cc1nccc(N2C[C@@H](S(=O)(=O)c3ccccc3C(F)(F)F)C[C@@H]2OC(=O)O)n1. The van der Waals surface area contributed by atoms with Crippen LogP contribution < -0.4 is 4.90 Å². The number of hydrogen-bond donors (Lipinski definition) is 1. The molecule has 1 aromatic heterocycles. The van der Waals surface area contributed by atoms with Gasteiger partial charge in [0.25, 0.3) is 0 Å². The minimum atomic E-state index is -4.90. The molecule has 0 unspecified atom stereocenters. The van der Waals surface area contributed by atoms with Crippen molar-refractivity contribution in [2.75, 3.05) is 11.4 Å². The van der Waals surface area contributed by atoms with Crippen LogP contribution in [-0.4, -0.2) is 47.7 Å². The van der Waals surface area contributed by atoms with Gasteiger partial charge in [0.15, 0.2) is 16.1 Å². The van der Waals surface area contributed by atoms with Gasteiger partial charge in [-0.2, -0.15) is 18.4 Å². The summed E-state index contributed by atoms with van der Waals surface area (Å²) in [5, 5.41) is 16.5. The van der Waals surface area contributed by atoms with Crippen LogP contribution in [0.4, 0.5) is 23.8 Å². The first-order chi connectivity index (χ1) is 14.0. The molecule has 0 radical (unpaired) electrons. The van der Waals surface area contributed by atoms with Crippen molar-refractivity contribution in [3.8, 4) is 6.07 Å². The van der Waals surface area contributed by atoms with Gasteiger partial charge in [0.1, 0.15) is 11.9 Å². The zero-order valence-electron chi connectivity index (χ0n) is 14.9. The summed E-state index contributed by atoms with van der Waals surface area (Å²) >= 11 is 0. The second-order valence-corrected chi connectivity index (χ2v) is 8.43. The molecule has 1 N–H and O–H groups in total. The Bertz CT molecular complexity index is 1120. The molecule has 1 aliphatic rings. The lowest BCUT2D eigenvalue weighted by molar-refractivity contribution is -0.139. The quantitative estimate of drug-likeness (QED) is 0.709. The maximum atomic E-state index is 13.3. The third-order valence-corrected chi connectivity index (χ3v) is 6.61. The highest BCUT2D eigenvalue weighted by Crippen LogP contribution is 2.38. The van der Waals surface area contributed by atoms with Gasteiger partial charge in [-0.25, -0.2) is 23.2 Å². The van der Waals surface area contributed by atoms with Crippen molar-refractivity contribution in [2.24, 2.45) is 0 Å². The predicted molar refractivity (Wildman–Crippen MR) is 94.0 cm³/mol. The van der Waals surface area contributed by atoms with E-state index in [4.69, 9.17) is 15.1 Å². The largest absolute Gasteiger partial charge is 0.507 e. The molecule has 2 heterocycles. The Labute approximate surface area is 168 Å². The molecule has 0 bridgehead atoms. The number of hydrogen-bond acceptors (Lipinski definition) is 8. The second kappa shape index (κ2) is 7.79. The fourth-order valence-corrected chi connectivity index (χ4v) is 5.04. The van der Waals surface area contributed by atoms with E-state index in [1.54, 1.807) is 6.07 Å². The second-order valence-electron chi connectivity index (χ2n) is 6.24. The highest BCUT2D eigenvalue weighted by Gasteiger charge is 2.46. The van der Waals surface area contributed by atoms with E-state index in [1.165, 1.54) is 18.3 Å². The first-order valence-corrected chi connectivity index (χ1v) is 9.88. The van der Waals surface area contributed by atoms with Crippen LogP contribution in [-0.2, 0) is 20.8 Å². The van der Waals surface area contributed by atoms with Gasteiger partial charge in [-0.15, -0.1) is 0 Å². The first-order valence-electron chi connectivity index (χ1n) is 8.33. The maximum Gasteiger partial charge on any atom is 0.507 e. The van der Waals surface area contributed by atoms with Crippen molar-refractivity contribution in [2.45, 2.75) is 29.0 Å². The number of aromatic nitrogens is 2. The smallest absolute Gasteiger partial charge is 0.450 e. The Balaban J connectivity index is 2.01. The number of alkyl halides is 3. The molecule has 2 aromatic rings. The van der Waals surface area contributed by atoms with Gasteiger partial charge in [0.05, 0.1) is 15.7 Å². The van der Waals surface area contributed by atoms with Crippen LogP contribution in [0.15, 0.2) is 41.4 Å². The fraction of sp³-hybridized carbons (Fsp3) is 0.294. The molecule has 9 nitrogen and oxygen atoms in total. The minimum absolute atomic E-state index is 0.00889. The Kier molecular flexibility index (Phi) is 5.53. The molecule has 13 heteroatoms. The van der Waals surface area contributed by atoms with Crippen LogP contribution in [0.5, 0.6) is 0 Å². The molecular formula is C17H13F3N4O5S. The molecule has 1 fully saturated rings. The van der Waals surface area contributed by atoms with E-state index in [0.717, 1.165) is 17.0 Å². The third kappa shape index (κ3) is 4.13. The number of carboxylic acid groups (broad SMARTS) is 1. The molecule has 0 amide bonds. The predicted octanol–water partition coefficient (Wildman–Crippen LogP) is 2.44. The van der Waals surface area contributed by atoms with E-state index < -0.39 is 57.1 Å². The summed E-state index contributed by atoms with van der Waals surface area (Å²) in [5.74, 6) is -0.245. The summed E-state index contributed by atoms with van der Waals surface area (Å²) in [7, 11) is -4.52. The average Bonchev–Trinajstić information content (AvgIpc) is 3.11. The summed E-state index contributed by atoms with van der Waals surface area (Å²) in [4.78, 5) is 18.8. The summed E-state index contributed by atoms with van der Waals surface area (Å²) < 4.78 is 70.7. The Morgan fingerprint density at radius 3 is 2.63 bits per heavy atom. The Morgan fingerprint density at radius 2 is 2.00 bits per heavy atom. The summed E-state index contributed by atoms with van der Waals surface area (Å²) in [6.07, 6.45) is -7.14. The van der Waals surface area contributed by atoms with Crippen LogP contribution in [0.3, 0.4) is 0 Å². The number of rotatable bonds is 4. The Hall–Kier alpha value is -3.40. The van der Waals surface area contributed by atoms with Crippen molar-refractivity contribution in [1.29, 1.82) is 5.26 Å². The molecule has 1 saturated heterocycles.